The fourth-order valence-corrected chi connectivity index (χ4v) is 4.14. The zero-order valence-electron chi connectivity index (χ0n) is 8.68. The topological polar surface area (TPSA) is 63.4 Å². The molecule has 1 saturated carbocycles. The summed E-state index contributed by atoms with van der Waals surface area (Å²) in [6.45, 7) is 5.17. The minimum Gasteiger partial charge on any atom is -0.327 e. The van der Waals surface area contributed by atoms with E-state index in [-0.39, 0.29) is 17.7 Å². The zero-order chi connectivity index (χ0) is 10.5. The summed E-state index contributed by atoms with van der Waals surface area (Å²) in [7, 11) is -3.01. The monoisotopic (exact) mass is 218 g/mol. The summed E-state index contributed by atoms with van der Waals surface area (Å²) >= 11 is 0. The van der Waals surface area contributed by atoms with Crippen molar-refractivity contribution in [2.24, 2.45) is 23.5 Å². The Morgan fingerprint density at radius 1 is 1.36 bits per heavy atom. The molecule has 2 fully saturated rings. The molecule has 2 rings (SSSR count). The molecule has 0 radical (unpaired) electrons. The first-order valence-corrected chi connectivity index (χ1v) is 6.76. The Kier molecular flexibility index (Phi) is 2.36. The summed E-state index contributed by atoms with van der Waals surface area (Å²) in [5.41, 5.74) is 5.76. The van der Waals surface area contributed by atoms with Gasteiger partial charge in [-0.2, -0.15) is 0 Å². The van der Waals surface area contributed by atoms with E-state index < -0.39 is 10.0 Å². The maximum absolute atomic E-state index is 11.8. The molecule has 2 N–H and O–H groups in total. The van der Waals surface area contributed by atoms with Gasteiger partial charge in [-0.1, -0.05) is 13.8 Å². The van der Waals surface area contributed by atoms with Gasteiger partial charge in [0.15, 0.2) is 0 Å². The predicted molar refractivity (Wildman–Crippen MR) is 55.2 cm³/mol. The van der Waals surface area contributed by atoms with Gasteiger partial charge in [-0.05, 0) is 17.8 Å². The van der Waals surface area contributed by atoms with Crippen LogP contribution in [0, 0.1) is 17.8 Å². The first kappa shape index (κ1) is 10.4. The van der Waals surface area contributed by atoms with Crippen LogP contribution in [0.25, 0.3) is 0 Å². The predicted octanol–water partition coefficient (Wildman–Crippen LogP) is -0.139. The lowest BCUT2D eigenvalue weighted by Crippen LogP contribution is -2.36. The SMILES string of the molecule is CC(C)CS(=O)(=O)N1CC2C(N)C2C1. The fraction of sp³-hybridized carbons (Fsp3) is 1.00. The average molecular weight is 218 g/mol. The summed E-state index contributed by atoms with van der Waals surface area (Å²) in [6.07, 6.45) is 0. The van der Waals surface area contributed by atoms with Gasteiger partial charge in [-0.3, -0.25) is 0 Å². The highest BCUT2D eigenvalue weighted by Gasteiger charge is 2.55. The highest BCUT2D eigenvalue weighted by atomic mass is 32.2. The minimum atomic E-state index is -3.01. The van der Waals surface area contributed by atoms with Crippen molar-refractivity contribution in [3.8, 4) is 0 Å². The summed E-state index contributed by atoms with van der Waals surface area (Å²) in [6, 6.07) is 0.264. The average Bonchev–Trinajstić information content (AvgIpc) is 2.49. The molecule has 0 aromatic heterocycles. The van der Waals surface area contributed by atoms with Crippen molar-refractivity contribution in [2.45, 2.75) is 19.9 Å². The Labute approximate surface area is 85.5 Å². The van der Waals surface area contributed by atoms with E-state index in [9.17, 15) is 8.42 Å². The standard InChI is InChI=1S/C9H18N2O2S/c1-6(2)5-14(12,13)11-3-7-8(4-11)9(7)10/h6-9H,3-5,10H2,1-2H3. The molecular weight excluding hydrogens is 200 g/mol. The molecule has 2 unspecified atom stereocenters. The zero-order valence-corrected chi connectivity index (χ0v) is 9.50. The van der Waals surface area contributed by atoms with Gasteiger partial charge in [0.2, 0.25) is 10.0 Å². The third-order valence-electron chi connectivity index (χ3n) is 3.16. The van der Waals surface area contributed by atoms with E-state index >= 15 is 0 Å². The molecule has 0 amide bonds. The summed E-state index contributed by atoms with van der Waals surface area (Å²) in [5, 5.41) is 0. The molecule has 1 aliphatic heterocycles. The highest BCUT2D eigenvalue weighted by molar-refractivity contribution is 7.89. The second-order valence-corrected chi connectivity index (χ2v) is 6.91. The number of nitrogens with two attached hydrogens (primary N) is 1. The van der Waals surface area contributed by atoms with E-state index in [1.807, 2.05) is 13.8 Å². The molecule has 5 heteroatoms. The van der Waals surface area contributed by atoms with Crippen molar-refractivity contribution in [1.82, 2.24) is 4.31 Å². The molecular formula is C9H18N2O2S. The Bertz CT molecular complexity index is 314. The lowest BCUT2D eigenvalue weighted by atomic mass is 10.3. The Morgan fingerprint density at radius 2 is 1.86 bits per heavy atom. The summed E-state index contributed by atoms with van der Waals surface area (Å²) in [5.74, 6) is 1.35. The van der Waals surface area contributed by atoms with Crippen molar-refractivity contribution in [2.75, 3.05) is 18.8 Å². The Hall–Kier alpha value is -0.130. The van der Waals surface area contributed by atoms with E-state index in [1.165, 1.54) is 0 Å². The lowest BCUT2D eigenvalue weighted by molar-refractivity contribution is 0.427. The highest BCUT2D eigenvalue weighted by Crippen LogP contribution is 2.44. The van der Waals surface area contributed by atoms with Gasteiger partial charge >= 0.3 is 0 Å². The number of nitrogens with zero attached hydrogens (tertiary/aromatic N) is 1. The number of piperidine rings is 1. The van der Waals surface area contributed by atoms with Crippen LogP contribution in [-0.2, 0) is 10.0 Å². The van der Waals surface area contributed by atoms with E-state index in [0.717, 1.165) is 0 Å². The van der Waals surface area contributed by atoms with Crippen LogP contribution in [-0.4, -0.2) is 37.6 Å². The van der Waals surface area contributed by atoms with E-state index in [2.05, 4.69) is 0 Å². The van der Waals surface area contributed by atoms with Crippen molar-refractivity contribution in [3.63, 3.8) is 0 Å². The molecule has 1 heterocycles. The molecule has 14 heavy (non-hydrogen) atoms. The van der Waals surface area contributed by atoms with Gasteiger partial charge < -0.3 is 5.73 Å². The van der Waals surface area contributed by atoms with E-state index in [1.54, 1.807) is 4.31 Å². The van der Waals surface area contributed by atoms with Gasteiger partial charge in [0, 0.05) is 19.1 Å². The van der Waals surface area contributed by atoms with Crippen LogP contribution in [0.2, 0.25) is 0 Å². The number of sulfonamides is 1. The summed E-state index contributed by atoms with van der Waals surface area (Å²) < 4.78 is 25.2. The van der Waals surface area contributed by atoms with Crippen LogP contribution < -0.4 is 5.73 Å². The third kappa shape index (κ3) is 1.68. The first-order chi connectivity index (χ1) is 6.42. The number of hydrogen-bond donors (Lipinski definition) is 1. The van der Waals surface area contributed by atoms with E-state index in [4.69, 9.17) is 5.73 Å². The number of rotatable bonds is 3. The first-order valence-electron chi connectivity index (χ1n) is 5.15. The van der Waals surface area contributed by atoms with E-state index in [0.29, 0.717) is 24.9 Å². The number of hydrogen-bond acceptors (Lipinski definition) is 3. The minimum absolute atomic E-state index is 0.200. The number of fused-ring (bicyclic) bond motifs is 1. The second-order valence-electron chi connectivity index (χ2n) is 4.89. The molecule has 0 spiro atoms. The third-order valence-corrected chi connectivity index (χ3v) is 5.34. The molecule has 4 nitrogen and oxygen atoms in total. The molecule has 0 aromatic rings. The lowest BCUT2D eigenvalue weighted by Gasteiger charge is -2.19. The second kappa shape index (κ2) is 3.18. The van der Waals surface area contributed by atoms with Crippen LogP contribution >= 0.6 is 0 Å². The quantitative estimate of drug-likeness (QED) is 0.717. The van der Waals surface area contributed by atoms with Crippen LogP contribution in [0.15, 0.2) is 0 Å². The van der Waals surface area contributed by atoms with Crippen molar-refractivity contribution in [3.05, 3.63) is 0 Å². The molecule has 82 valence electrons. The van der Waals surface area contributed by atoms with Gasteiger partial charge in [0.1, 0.15) is 0 Å². The van der Waals surface area contributed by atoms with Crippen LogP contribution in [0.1, 0.15) is 13.8 Å². The van der Waals surface area contributed by atoms with Crippen molar-refractivity contribution < 1.29 is 8.42 Å². The van der Waals surface area contributed by atoms with Gasteiger partial charge in [0.05, 0.1) is 5.75 Å². The smallest absolute Gasteiger partial charge is 0.214 e. The van der Waals surface area contributed by atoms with Gasteiger partial charge in [-0.15, -0.1) is 0 Å². The Morgan fingerprint density at radius 3 is 2.29 bits per heavy atom. The maximum atomic E-state index is 11.8. The maximum Gasteiger partial charge on any atom is 0.214 e. The summed E-state index contributed by atoms with van der Waals surface area (Å²) in [4.78, 5) is 0. The van der Waals surface area contributed by atoms with Crippen LogP contribution in [0.4, 0.5) is 0 Å². The van der Waals surface area contributed by atoms with Crippen molar-refractivity contribution >= 4 is 10.0 Å². The molecule has 0 aromatic carbocycles. The molecule has 1 saturated heterocycles. The van der Waals surface area contributed by atoms with Crippen LogP contribution in [0.5, 0.6) is 0 Å². The van der Waals surface area contributed by atoms with Crippen molar-refractivity contribution in [1.29, 1.82) is 0 Å². The largest absolute Gasteiger partial charge is 0.327 e. The van der Waals surface area contributed by atoms with Gasteiger partial charge in [0.25, 0.3) is 0 Å². The Balaban J connectivity index is 1.97. The van der Waals surface area contributed by atoms with Gasteiger partial charge in [-0.25, -0.2) is 12.7 Å². The molecule has 0 bridgehead atoms. The normalized spacial score (nSPS) is 37.6. The molecule has 1 aliphatic carbocycles. The fourth-order valence-electron chi connectivity index (χ4n) is 2.29. The molecule has 2 aliphatic rings. The van der Waals surface area contributed by atoms with Crippen LogP contribution in [0.3, 0.4) is 0 Å². The molecule has 2 atom stereocenters.